The minimum Gasteiger partial charge on any atom is -0.374 e. The van der Waals surface area contributed by atoms with Crippen LogP contribution in [0.5, 0.6) is 0 Å². The molecule has 0 aromatic carbocycles. The SMILES string of the molecule is CS(=O)(=O)C1CCC(C2CNCC(OCC3NCCS3)C2)CC1. The van der Waals surface area contributed by atoms with Gasteiger partial charge in [-0.2, -0.15) is 0 Å². The van der Waals surface area contributed by atoms with Crippen molar-refractivity contribution in [3.63, 3.8) is 0 Å². The van der Waals surface area contributed by atoms with Crippen LogP contribution in [0, 0.1) is 11.8 Å². The Labute approximate surface area is 144 Å². The van der Waals surface area contributed by atoms with Gasteiger partial charge in [0.05, 0.1) is 23.3 Å². The number of thioether (sulfide) groups is 1. The van der Waals surface area contributed by atoms with Crippen LogP contribution in [0.15, 0.2) is 0 Å². The fourth-order valence-electron chi connectivity index (χ4n) is 4.22. The molecule has 3 aliphatic rings. The minimum atomic E-state index is -2.86. The summed E-state index contributed by atoms with van der Waals surface area (Å²) in [5, 5.41) is 7.33. The summed E-state index contributed by atoms with van der Waals surface area (Å²) >= 11 is 1.95. The number of sulfone groups is 1. The van der Waals surface area contributed by atoms with Gasteiger partial charge in [0.1, 0.15) is 9.84 Å². The first-order valence-electron chi connectivity index (χ1n) is 8.88. The smallest absolute Gasteiger partial charge is 0.150 e. The highest BCUT2D eigenvalue weighted by Crippen LogP contribution is 2.36. The first-order chi connectivity index (χ1) is 11.0. The molecule has 3 atom stereocenters. The van der Waals surface area contributed by atoms with Crippen LogP contribution in [-0.4, -0.2) is 63.4 Å². The Kier molecular flexibility index (Phi) is 6.29. The van der Waals surface area contributed by atoms with Crippen LogP contribution in [0.1, 0.15) is 32.1 Å². The zero-order valence-corrected chi connectivity index (χ0v) is 15.6. The highest BCUT2D eigenvalue weighted by Gasteiger charge is 2.34. The third kappa shape index (κ3) is 5.08. The average molecular weight is 363 g/mol. The molecule has 1 aliphatic carbocycles. The van der Waals surface area contributed by atoms with E-state index in [2.05, 4.69) is 10.6 Å². The average Bonchev–Trinajstić information content (AvgIpc) is 3.06. The van der Waals surface area contributed by atoms with Gasteiger partial charge in [0, 0.05) is 25.1 Å². The summed E-state index contributed by atoms with van der Waals surface area (Å²) in [4.78, 5) is 0. The molecule has 2 saturated heterocycles. The maximum absolute atomic E-state index is 11.7. The lowest BCUT2D eigenvalue weighted by Crippen LogP contribution is -2.45. The summed E-state index contributed by atoms with van der Waals surface area (Å²) in [6.45, 7) is 3.90. The van der Waals surface area contributed by atoms with E-state index in [1.807, 2.05) is 11.8 Å². The van der Waals surface area contributed by atoms with Crippen LogP contribution in [0.25, 0.3) is 0 Å². The van der Waals surface area contributed by atoms with Gasteiger partial charge in [-0.3, -0.25) is 0 Å². The third-order valence-electron chi connectivity index (χ3n) is 5.61. The number of nitrogens with one attached hydrogen (secondary N) is 2. The molecule has 5 nitrogen and oxygen atoms in total. The molecule has 2 N–H and O–H groups in total. The van der Waals surface area contributed by atoms with Gasteiger partial charge in [-0.25, -0.2) is 8.42 Å². The van der Waals surface area contributed by atoms with E-state index in [1.54, 1.807) is 0 Å². The molecule has 0 bridgehead atoms. The Bertz CT molecular complexity index is 472. The van der Waals surface area contributed by atoms with Crippen LogP contribution >= 0.6 is 11.8 Å². The second-order valence-electron chi connectivity index (χ2n) is 7.29. The molecular formula is C16H30N2O3S2. The van der Waals surface area contributed by atoms with Gasteiger partial charge < -0.3 is 15.4 Å². The van der Waals surface area contributed by atoms with Crippen molar-refractivity contribution in [1.82, 2.24) is 10.6 Å². The summed E-state index contributed by atoms with van der Waals surface area (Å²) in [5.74, 6) is 2.48. The van der Waals surface area contributed by atoms with Crippen molar-refractivity contribution in [2.24, 2.45) is 11.8 Å². The Hall–Kier alpha value is 0.180. The third-order valence-corrected chi connectivity index (χ3v) is 8.44. The minimum absolute atomic E-state index is 0.104. The van der Waals surface area contributed by atoms with Gasteiger partial charge in [0.2, 0.25) is 0 Å². The fourth-order valence-corrected chi connectivity index (χ4v) is 6.28. The van der Waals surface area contributed by atoms with Crippen molar-refractivity contribution in [1.29, 1.82) is 0 Å². The summed E-state index contributed by atoms with van der Waals surface area (Å²) in [7, 11) is -2.86. The predicted molar refractivity (Wildman–Crippen MR) is 95.6 cm³/mol. The molecule has 134 valence electrons. The summed E-state index contributed by atoms with van der Waals surface area (Å²) in [6.07, 6.45) is 6.61. The van der Waals surface area contributed by atoms with E-state index < -0.39 is 9.84 Å². The molecule has 3 fully saturated rings. The quantitative estimate of drug-likeness (QED) is 0.767. The second kappa shape index (κ2) is 8.04. The molecular weight excluding hydrogens is 332 g/mol. The number of ether oxygens (including phenoxy) is 1. The van der Waals surface area contributed by atoms with Crippen LogP contribution < -0.4 is 10.6 Å². The molecule has 0 spiro atoms. The molecule has 0 aromatic heterocycles. The van der Waals surface area contributed by atoms with Gasteiger partial charge in [-0.1, -0.05) is 0 Å². The van der Waals surface area contributed by atoms with Gasteiger partial charge in [-0.05, 0) is 50.5 Å². The number of piperidine rings is 1. The van der Waals surface area contributed by atoms with Gasteiger partial charge in [0.15, 0.2) is 0 Å². The zero-order chi connectivity index (χ0) is 16.3. The Morgan fingerprint density at radius 2 is 1.91 bits per heavy atom. The summed E-state index contributed by atoms with van der Waals surface area (Å²) < 4.78 is 29.5. The Morgan fingerprint density at radius 3 is 2.57 bits per heavy atom. The van der Waals surface area contributed by atoms with Gasteiger partial charge in [0.25, 0.3) is 0 Å². The molecule has 2 aliphatic heterocycles. The van der Waals surface area contributed by atoms with Gasteiger partial charge >= 0.3 is 0 Å². The van der Waals surface area contributed by atoms with E-state index in [0.717, 1.165) is 58.3 Å². The zero-order valence-electron chi connectivity index (χ0n) is 14.0. The molecule has 1 saturated carbocycles. The molecule has 7 heteroatoms. The van der Waals surface area contributed by atoms with Crippen molar-refractivity contribution in [2.75, 3.05) is 38.2 Å². The molecule has 23 heavy (non-hydrogen) atoms. The highest BCUT2D eigenvalue weighted by molar-refractivity contribution is 8.00. The summed E-state index contributed by atoms with van der Waals surface area (Å²) in [5.41, 5.74) is 0. The first-order valence-corrected chi connectivity index (χ1v) is 11.9. The second-order valence-corrected chi connectivity index (χ2v) is 10.9. The molecule has 0 radical (unpaired) electrons. The Morgan fingerprint density at radius 1 is 1.13 bits per heavy atom. The van der Waals surface area contributed by atoms with E-state index >= 15 is 0 Å². The van der Waals surface area contributed by atoms with E-state index in [-0.39, 0.29) is 5.25 Å². The number of rotatable bonds is 5. The maximum atomic E-state index is 11.7. The van der Waals surface area contributed by atoms with E-state index in [9.17, 15) is 8.42 Å². The molecule has 2 heterocycles. The first kappa shape index (κ1) is 18.0. The lowest BCUT2D eigenvalue weighted by molar-refractivity contribution is 0.00856. The normalized spacial score (nSPS) is 39.4. The van der Waals surface area contributed by atoms with Crippen LogP contribution in [-0.2, 0) is 14.6 Å². The number of hydrogen-bond acceptors (Lipinski definition) is 6. The predicted octanol–water partition coefficient (Wildman–Crippen LogP) is 1.25. The number of hydrogen-bond donors (Lipinski definition) is 2. The largest absolute Gasteiger partial charge is 0.374 e. The molecule has 3 rings (SSSR count). The highest BCUT2D eigenvalue weighted by atomic mass is 32.2. The van der Waals surface area contributed by atoms with Gasteiger partial charge in [-0.15, -0.1) is 11.8 Å². The van der Waals surface area contributed by atoms with Crippen molar-refractivity contribution >= 4 is 21.6 Å². The molecule has 3 unspecified atom stereocenters. The standard InChI is InChI=1S/C16H30N2O3S2/c1-23(19,20)15-4-2-12(3-5-15)13-8-14(10-17-9-13)21-11-16-18-6-7-22-16/h12-18H,2-11H2,1H3. The van der Waals surface area contributed by atoms with Crippen LogP contribution in [0.3, 0.4) is 0 Å². The van der Waals surface area contributed by atoms with Crippen LogP contribution in [0.2, 0.25) is 0 Å². The topological polar surface area (TPSA) is 67.4 Å². The lowest BCUT2D eigenvalue weighted by atomic mass is 9.76. The van der Waals surface area contributed by atoms with E-state index in [1.165, 1.54) is 12.0 Å². The summed E-state index contributed by atoms with van der Waals surface area (Å²) in [6, 6.07) is 0. The fraction of sp³-hybridized carbons (Fsp3) is 1.00. The Balaban J connectivity index is 1.43. The monoisotopic (exact) mass is 362 g/mol. The van der Waals surface area contributed by atoms with Crippen LogP contribution in [0.4, 0.5) is 0 Å². The van der Waals surface area contributed by atoms with Crippen molar-refractivity contribution < 1.29 is 13.2 Å². The maximum Gasteiger partial charge on any atom is 0.150 e. The van der Waals surface area contributed by atoms with Crippen molar-refractivity contribution in [3.8, 4) is 0 Å². The lowest BCUT2D eigenvalue weighted by Gasteiger charge is -2.38. The molecule has 0 amide bonds. The van der Waals surface area contributed by atoms with Crippen molar-refractivity contribution in [3.05, 3.63) is 0 Å². The van der Waals surface area contributed by atoms with E-state index in [0.29, 0.717) is 23.3 Å². The van der Waals surface area contributed by atoms with E-state index in [4.69, 9.17) is 4.74 Å². The van der Waals surface area contributed by atoms with Crippen molar-refractivity contribution in [2.45, 2.75) is 48.8 Å². The molecule has 0 aromatic rings.